The molecule has 10 heteroatoms. The summed E-state index contributed by atoms with van der Waals surface area (Å²) in [5, 5.41) is 10.7. The molecule has 0 bridgehead atoms. The topological polar surface area (TPSA) is 133 Å². The molecule has 0 unspecified atom stereocenters. The number of anilines is 2. The number of hydrogen-bond acceptors (Lipinski definition) is 8. The summed E-state index contributed by atoms with van der Waals surface area (Å²) in [6.07, 6.45) is 0. The summed E-state index contributed by atoms with van der Waals surface area (Å²) >= 11 is 1.15. The second-order valence-corrected chi connectivity index (χ2v) is 5.03. The van der Waals surface area contributed by atoms with Crippen LogP contribution in [-0.4, -0.2) is 33.1 Å². The number of nitrogen functional groups attached to an aromatic ring is 2. The molecule has 0 aliphatic rings. The van der Waals surface area contributed by atoms with Gasteiger partial charge in [-0.2, -0.15) is 0 Å². The molecule has 0 saturated heterocycles. The van der Waals surface area contributed by atoms with Crippen molar-refractivity contribution in [3.05, 3.63) is 24.3 Å². The van der Waals surface area contributed by atoms with Crippen LogP contribution in [0, 0.1) is 0 Å². The van der Waals surface area contributed by atoms with E-state index in [-0.39, 0.29) is 17.6 Å². The average Bonchev–Trinajstić information content (AvgIpc) is 2.87. The highest BCUT2D eigenvalue weighted by atomic mass is 32.2. The SMILES string of the molecule is CCOc1ccccc1NC(=O)CSc1nnc(NN)n1N. The Kier molecular flexibility index (Phi) is 5.44. The second kappa shape index (κ2) is 7.52. The van der Waals surface area contributed by atoms with Gasteiger partial charge in [-0.1, -0.05) is 23.9 Å². The number of nitrogens with one attached hydrogen (secondary N) is 2. The van der Waals surface area contributed by atoms with Crippen molar-refractivity contribution in [2.45, 2.75) is 12.1 Å². The number of rotatable bonds is 7. The quantitative estimate of drug-likeness (QED) is 0.327. The molecule has 0 aliphatic carbocycles. The maximum absolute atomic E-state index is 12.0. The molecule has 1 aromatic carbocycles. The number of aromatic nitrogens is 3. The Hall–Kier alpha value is -2.46. The first kappa shape index (κ1) is 15.9. The maximum atomic E-state index is 12.0. The van der Waals surface area contributed by atoms with E-state index in [9.17, 15) is 4.79 Å². The fraction of sp³-hybridized carbons (Fsp3) is 0.250. The summed E-state index contributed by atoms with van der Waals surface area (Å²) in [6, 6.07) is 7.23. The second-order valence-electron chi connectivity index (χ2n) is 4.09. The Labute approximate surface area is 131 Å². The molecule has 0 fully saturated rings. The number of ether oxygens (including phenoxy) is 1. The van der Waals surface area contributed by atoms with E-state index in [4.69, 9.17) is 16.4 Å². The number of para-hydroxylation sites is 2. The molecule has 1 heterocycles. The van der Waals surface area contributed by atoms with Gasteiger partial charge < -0.3 is 15.9 Å². The molecule has 1 amide bonds. The lowest BCUT2D eigenvalue weighted by atomic mass is 10.3. The van der Waals surface area contributed by atoms with Crippen molar-refractivity contribution in [3.63, 3.8) is 0 Å². The molecule has 6 N–H and O–H groups in total. The zero-order chi connectivity index (χ0) is 15.9. The molecule has 0 atom stereocenters. The molecule has 1 aromatic heterocycles. The highest BCUT2D eigenvalue weighted by Crippen LogP contribution is 2.24. The standard InChI is InChI=1S/C12H17N7O2S/c1-2-21-9-6-4-3-5-8(9)15-10(20)7-22-12-18-17-11(16-13)19(12)14/h3-6H,2,7,13-14H2,1H3,(H,15,20)(H,16,17). The Bertz CT molecular complexity index is 646. The van der Waals surface area contributed by atoms with Crippen LogP contribution in [0.25, 0.3) is 0 Å². The van der Waals surface area contributed by atoms with Gasteiger partial charge in [0.15, 0.2) is 0 Å². The van der Waals surface area contributed by atoms with Crippen LogP contribution >= 0.6 is 11.8 Å². The highest BCUT2D eigenvalue weighted by Gasteiger charge is 2.12. The van der Waals surface area contributed by atoms with Crippen molar-refractivity contribution in [2.75, 3.05) is 28.9 Å². The van der Waals surface area contributed by atoms with Gasteiger partial charge in [0.25, 0.3) is 5.95 Å². The summed E-state index contributed by atoms with van der Waals surface area (Å²) in [4.78, 5) is 12.0. The average molecular weight is 323 g/mol. The van der Waals surface area contributed by atoms with Crippen molar-refractivity contribution in [1.82, 2.24) is 14.9 Å². The first-order valence-corrected chi connectivity index (χ1v) is 7.45. The smallest absolute Gasteiger partial charge is 0.258 e. The maximum Gasteiger partial charge on any atom is 0.258 e. The monoisotopic (exact) mass is 323 g/mol. The van der Waals surface area contributed by atoms with Crippen LogP contribution in [0.1, 0.15) is 6.92 Å². The van der Waals surface area contributed by atoms with Gasteiger partial charge in [0.1, 0.15) is 5.75 Å². The third kappa shape index (κ3) is 3.80. The Morgan fingerprint density at radius 1 is 1.41 bits per heavy atom. The number of nitrogens with zero attached hydrogens (tertiary/aromatic N) is 3. The summed E-state index contributed by atoms with van der Waals surface area (Å²) in [5.74, 6) is 11.7. The van der Waals surface area contributed by atoms with E-state index in [0.717, 1.165) is 11.8 Å². The molecule has 2 rings (SSSR count). The minimum Gasteiger partial charge on any atom is -0.492 e. The van der Waals surface area contributed by atoms with Gasteiger partial charge in [-0.25, -0.2) is 10.5 Å². The van der Waals surface area contributed by atoms with Crippen molar-refractivity contribution < 1.29 is 9.53 Å². The summed E-state index contributed by atoms with van der Waals surface area (Å²) < 4.78 is 6.62. The van der Waals surface area contributed by atoms with Gasteiger partial charge in [-0.15, -0.1) is 10.2 Å². The van der Waals surface area contributed by atoms with Crippen LogP contribution in [0.15, 0.2) is 29.4 Å². The largest absolute Gasteiger partial charge is 0.492 e. The summed E-state index contributed by atoms with van der Waals surface area (Å²) in [5.41, 5.74) is 2.92. The Balaban J connectivity index is 1.94. The lowest BCUT2D eigenvalue weighted by molar-refractivity contribution is -0.113. The molecule has 0 radical (unpaired) electrons. The number of thioether (sulfide) groups is 1. The molecule has 118 valence electrons. The third-order valence-electron chi connectivity index (χ3n) is 2.59. The predicted octanol–water partition coefficient (Wildman–Crippen LogP) is 0.407. The van der Waals surface area contributed by atoms with Crippen LogP contribution < -0.4 is 27.2 Å². The van der Waals surface area contributed by atoms with Crippen LogP contribution in [-0.2, 0) is 4.79 Å². The number of benzene rings is 1. The zero-order valence-corrected chi connectivity index (χ0v) is 12.8. The van der Waals surface area contributed by atoms with Crippen LogP contribution in [0.4, 0.5) is 11.6 Å². The number of nitrogens with two attached hydrogens (primary N) is 2. The summed E-state index contributed by atoms with van der Waals surface area (Å²) in [7, 11) is 0. The first-order chi connectivity index (χ1) is 10.7. The molecule has 0 saturated carbocycles. The predicted molar refractivity (Wildman–Crippen MR) is 84.9 cm³/mol. The zero-order valence-electron chi connectivity index (χ0n) is 11.9. The van der Waals surface area contributed by atoms with E-state index in [1.807, 2.05) is 19.1 Å². The fourth-order valence-corrected chi connectivity index (χ4v) is 2.30. The normalized spacial score (nSPS) is 10.3. The molecular formula is C12H17N7O2S. The van der Waals surface area contributed by atoms with Gasteiger partial charge in [-0.3, -0.25) is 10.2 Å². The molecule has 0 spiro atoms. The molecule has 22 heavy (non-hydrogen) atoms. The minimum atomic E-state index is -0.206. The number of hydrogen-bond donors (Lipinski definition) is 4. The Morgan fingerprint density at radius 3 is 2.86 bits per heavy atom. The molecular weight excluding hydrogens is 306 g/mol. The number of hydrazine groups is 1. The molecule has 9 nitrogen and oxygen atoms in total. The summed E-state index contributed by atoms with van der Waals surface area (Å²) in [6.45, 7) is 2.40. The van der Waals surface area contributed by atoms with Gasteiger partial charge in [0.05, 0.1) is 18.0 Å². The Morgan fingerprint density at radius 2 is 2.18 bits per heavy atom. The number of carbonyl (C=O) groups excluding carboxylic acids is 1. The van der Waals surface area contributed by atoms with Gasteiger partial charge in [0, 0.05) is 0 Å². The number of amides is 1. The fourth-order valence-electron chi connectivity index (χ4n) is 1.64. The lowest BCUT2D eigenvalue weighted by Crippen LogP contribution is -2.19. The number of carbonyl (C=O) groups is 1. The molecule has 0 aliphatic heterocycles. The van der Waals surface area contributed by atoms with E-state index in [1.165, 1.54) is 4.68 Å². The van der Waals surface area contributed by atoms with Gasteiger partial charge in [-0.05, 0) is 19.1 Å². The van der Waals surface area contributed by atoms with Crippen LogP contribution in [0.5, 0.6) is 5.75 Å². The van der Waals surface area contributed by atoms with E-state index >= 15 is 0 Å². The van der Waals surface area contributed by atoms with E-state index in [1.54, 1.807) is 12.1 Å². The third-order valence-corrected chi connectivity index (χ3v) is 3.53. The van der Waals surface area contributed by atoms with E-state index < -0.39 is 0 Å². The lowest BCUT2D eigenvalue weighted by Gasteiger charge is -2.10. The van der Waals surface area contributed by atoms with E-state index in [2.05, 4.69) is 20.9 Å². The molecule has 2 aromatic rings. The van der Waals surface area contributed by atoms with Crippen molar-refractivity contribution >= 4 is 29.3 Å². The van der Waals surface area contributed by atoms with Crippen molar-refractivity contribution in [1.29, 1.82) is 0 Å². The van der Waals surface area contributed by atoms with Crippen molar-refractivity contribution in [2.24, 2.45) is 5.84 Å². The highest BCUT2D eigenvalue weighted by molar-refractivity contribution is 7.99. The van der Waals surface area contributed by atoms with Crippen LogP contribution in [0.2, 0.25) is 0 Å². The van der Waals surface area contributed by atoms with Gasteiger partial charge >= 0.3 is 0 Å². The minimum absolute atomic E-state index is 0.125. The van der Waals surface area contributed by atoms with Crippen LogP contribution in [0.3, 0.4) is 0 Å². The first-order valence-electron chi connectivity index (χ1n) is 6.47. The van der Waals surface area contributed by atoms with E-state index in [0.29, 0.717) is 23.2 Å². The van der Waals surface area contributed by atoms with Gasteiger partial charge in [0.2, 0.25) is 11.1 Å². The van der Waals surface area contributed by atoms with Crippen molar-refractivity contribution in [3.8, 4) is 5.75 Å².